The molecule has 3 fully saturated rings. The summed E-state index contributed by atoms with van der Waals surface area (Å²) in [6, 6.07) is 30.7. The van der Waals surface area contributed by atoms with Gasteiger partial charge in [0.1, 0.15) is 24.4 Å². The Labute approximate surface area is 344 Å². The molecule has 0 aliphatic carbocycles. The van der Waals surface area contributed by atoms with Crippen LogP contribution in [0, 0.1) is 5.92 Å². The van der Waals surface area contributed by atoms with Crippen LogP contribution in [-0.4, -0.2) is 120 Å². The Morgan fingerprint density at radius 1 is 0.850 bits per heavy atom. The maximum atomic E-state index is 14.2. The van der Waals surface area contributed by atoms with Crippen molar-refractivity contribution in [1.29, 1.82) is 0 Å². The highest BCUT2D eigenvalue weighted by Crippen LogP contribution is 2.35. The van der Waals surface area contributed by atoms with E-state index in [1.165, 1.54) is 11.9 Å². The van der Waals surface area contributed by atoms with Crippen molar-refractivity contribution >= 4 is 34.8 Å². The number of carbonyl (C=O) groups is 2. The number of aliphatic hydroxyl groups is 3. The van der Waals surface area contributed by atoms with Gasteiger partial charge in [-0.1, -0.05) is 91.0 Å². The normalized spacial score (nSPS) is 22.2. The molecule has 0 unspecified atom stereocenters. The van der Waals surface area contributed by atoms with Crippen LogP contribution in [0.1, 0.15) is 54.5 Å². The molecule has 5 N–H and O–H groups in total. The minimum atomic E-state index is -5.08. The quantitative estimate of drug-likeness (QED) is 0.123. The van der Waals surface area contributed by atoms with E-state index in [1.807, 2.05) is 52.3 Å². The third kappa shape index (κ3) is 9.54. The lowest BCUT2D eigenvalue weighted by molar-refractivity contribution is -0.192. The molecule has 3 aliphatic rings. The Kier molecular flexibility index (Phi) is 13.3. The van der Waals surface area contributed by atoms with Gasteiger partial charge in [-0.15, -0.1) is 0 Å². The molecule has 318 valence electrons. The number of likely N-dealkylation sites (tertiary alicyclic amines) is 1. The Morgan fingerprint density at radius 2 is 1.45 bits per heavy atom. The zero-order valence-electron chi connectivity index (χ0n) is 32.7. The number of carbonyl (C=O) groups excluding carboxylic acids is 1. The monoisotopic (exact) mass is 831 g/mol. The zero-order chi connectivity index (χ0) is 42.4. The molecular weight excluding hydrogens is 784 g/mol. The molecule has 60 heavy (non-hydrogen) atoms. The van der Waals surface area contributed by atoms with Crippen molar-refractivity contribution in [3.8, 4) is 0 Å². The zero-order valence-corrected chi connectivity index (χ0v) is 32.7. The van der Waals surface area contributed by atoms with E-state index in [0.29, 0.717) is 48.4 Å². The minimum Gasteiger partial charge on any atom is -0.475 e. The van der Waals surface area contributed by atoms with Gasteiger partial charge >= 0.3 is 12.1 Å². The molecule has 2 aromatic heterocycles. The van der Waals surface area contributed by atoms with Gasteiger partial charge in [-0.2, -0.15) is 23.1 Å². The molecule has 5 heterocycles. The number of hydrogen-bond acceptors (Lipinski definition) is 11. The first-order chi connectivity index (χ1) is 28.9. The molecule has 3 aliphatic heterocycles. The van der Waals surface area contributed by atoms with E-state index in [0.717, 1.165) is 49.9 Å². The average Bonchev–Trinajstić information content (AvgIpc) is 3.99. The van der Waals surface area contributed by atoms with Crippen molar-refractivity contribution in [1.82, 2.24) is 24.4 Å². The number of ether oxygens (including phenoxy) is 1. The summed E-state index contributed by atoms with van der Waals surface area (Å²) in [4.78, 5) is 41.8. The lowest BCUT2D eigenvalue weighted by atomic mass is 9.90. The topological polar surface area (TPSA) is 186 Å². The number of anilines is 2. The second-order valence-corrected chi connectivity index (χ2v) is 15.3. The predicted octanol–water partition coefficient (Wildman–Crippen LogP) is 4.77. The van der Waals surface area contributed by atoms with E-state index in [9.17, 15) is 33.3 Å². The molecular formula is C43H48F3N7O7. The second-order valence-electron chi connectivity index (χ2n) is 15.3. The number of alkyl halides is 3. The lowest BCUT2D eigenvalue weighted by Gasteiger charge is -2.35. The molecule has 0 bridgehead atoms. The Bertz CT molecular complexity index is 2150. The van der Waals surface area contributed by atoms with Crippen LogP contribution in [0.15, 0.2) is 97.3 Å². The molecule has 3 saturated heterocycles. The lowest BCUT2D eigenvalue weighted by Crippen LogP contribution is -2.49. The molecule has 17 heteroatoms. The van der Waals surface area contributed by atoms with Crippen LogP contribution in [0.25, 0.3) is 11.2 Å². The van der Waals surface area contributed by atoms with Crippen molar-refractivity contribution in [2.24, 2.45) is 5.92 Å². The number of imidazole rings is 1. The van der Waals surface area contributed by atoms with Gasteiger partial charge in [0.05, 0.1) is 12.9 Å². The van der Waals surface area contributed by atoms with Crippen LogP contribution in [0.2, 0.25) is 0 Å². The molecule has 5 aromatic rings. The third-order valence-corrected chi connectivity index (χ3v) is 11.4. The SMILES string of the molecule is O=C(O)C(F)(F)F.O=C([C@@H]1CCCN1c1nc(NCC(c2ccccc2)c2ccccc2)c2ncn([C@@H]3O[C@H](CO)[C@@H](O)[C@H]3O)c2n1)N1CCC(Cc2ccccc2)CC1. The third-order valence-electron chi connectivity index (χ3n) is 11.4. The summed E-state index contributed by atoms with van der Waals surface area (Å²) < 4.78 is 39.2. The second kappa shape index (κ2) is 18.8. The molecule has 14 nitrogen and oxygen atoms in total. The number of aliphatic carboxylic acids is 1. The van der Waals surface area contributed by atoms with Gasteiger partial charge in [0, 0.05) is 32.1 Å². The first-order valence-corrected chi connectivity index (χ1v) is 20.0. The van der Waals surface area contributed by atoms with Crippen LogP contribution < -0.4 is 10.2 Å². The van der Waals surface area contributed by atoms with Crippen molar-refractivity contribution < 1.29 is 47.9 Å². The van der Waals surface area contributed by atoms with Gasteiger partial charge in [0.2, 0.25) is 11.9 Å². The number of benzene rings is 3. The van der Waals surface area contributed by atoms with E-state index in [1.54, 1.807) is 4.57 Å². The van der Waals surface area contributed by atoms with E-state index < -0.39 is 49.3 Å². The van der Waals surface area contributed by atoms with E-state index in [4.69, 9.17) is 24.6 Å². The number of carboxylic acids is 1. The maximum Gasteiger partial charge on any atom is 0.490 e. The number of hydrogen-bond donors (Lipinski definition) is 5. The van der Waals surface area contributed by atoms with E-state index in [-0.39, 0.29) is 11.8 Å². The molecule has 3 aromatic carbocycles. The summed E-state index contributed by atoms with van der Waals surface area (Å²) in [5, 5.41) is 42.1. The van der Waals surface area contributed by atoms with Crippen molar-refractivity contribution in [2.45, 2.75) is 74.8 Å². The number of piperidine rings is 1. The van der Waals surface area contributed by atoms with Crippen LogP contribution in [0.5, 0.6) is 0 Å². The van der Waals surface area contributed by atoms with Crippen molar-refractivity contribution in [3.05, 3.63) is 114 Å². The Balaban J connectivity index is 0.000000716. The molecule has 5 atom stereocenters. The van der Waals surface area contributed by atoms with Crippen LogP contribution in [-0.2, 0) is 20.7 Å². The van der Waals surface area contributed by atoms with Gasteiger partial charge < -0.3 is 40.3 Å². The predicted molar refractivity (Wildman–Crippen MR) is 215 cm³/mol. The van der Waals surface area contributed by atoms with E-state index >= 15 is 0 Å². The Hall–Kier alpha value is -5.62. The number of halogens is 3. The first-order valence-electron chi connectivity index (χ1n) is 20.0. The Morgan fingerprint density at radius 3 is 2.02 bits per heavy atom. The number of amides is 1. The fourth-order valence-electron chi connectivity index (χ4n) is 8.23. The largest absolute Gasteiger partial charge is 0.490 e. The summed E-state index contributed by atoms with van der Waals surface area (Å²) >= 11 is 0. The first kappa shape index (κ1) is 42.5. The van der Waals surface area contributed by atoms with Crippen molar-refractivity contribution in [2.75, 3.05) is 43.0 Å². The summed E-state index contributed by atoms with van der Waals surface area (Å²) in [7, 11) is 0. The smallest absolute Gasteiger partial charge is 0.475 e. The van der Waals surface area contributed by atoms with Gasteiger partial charge in [-0.3, -0.25) is 9.36 Å². The number of aromatic nitrogens is 4. The summed E-state index contributed by atoms with van der Waals surface area (Å²) in [6.45, 7) is 2.12. The molecule has 0 spiro atoms. The summed E-state index contributed by atoms with van der Waals surface area (Å²) in [6.07, 6.45) is -3.66. The number of rotatable bonds is 11. The van der Waals surface area contributed by atoms with Crippen LogP contribution in [0.3, 0.4) is 0 Å². The summed E-state index contributed by atoms with van der Waals surface area (Å²) in [5.41, 5.74) is 4.49. The highest BCUT2D eigenvalue weighted by Gasteiger charge is 2.45. The van der Waals surface area contributed by atoms with Crippen molar-refractivity contribution in [3.63, 3.8) is 0 Å². The molecule has 0 radical (unpaired) electrons. The number of fused-ring (bicyclic) bond motifs is 1. The standard InChI is InChI=1S/C41H47N7O5.C2HF3O2/c49-25-33-35(50)36(51)40(53-33)48-26-43-34-37(42-24-31(29-13-6-2-7-14-29)30-15-8-3-9-16-30)44-41(45-38(34)48)47-20-10-17-32(47)39(52)46-21-18-28(19-22-46)23-27-11-4-1-5-12-27;3-2(4,5)1(6)7/h1-9,11-16,26,28,31-33,35-36,40,49-51H,10,17-25H2,(H,42,44,45);(H,6,7)/t32-,33+,35+,36+,40+;/m0./s1. The number of nitrogens with zero attached hydrogens (tertiary/aromatic N) is 6. The average molecular weight is 832 g/mol. The van der Waals surface area contributed by atoms with Gasteiger partial charge in [0.15, 0.2) is 23.2 Å². The fraction of sp³-hybridized carbons (Fsp3) is 0.419. The maximum absolute atomic E-state index is 14.2. The minimum absolute atomic E-state index is 0.000621. The van der Waals surface area contributed by atoms with Gasteiger partial charge in [-0.05, 0) is 54.7 Å². The van der Waals surface area contributed by atoms with E-state index in [2.05, 4.69) is 58.8 Å². The number of nitrogens with one attached hydrogen (secondary N) is 1. The molecule has 0 saturated carbocycles. The highest BCUT2D eigenvalue weighted by molar-refractivity contribution is 5.88. The fourth-order valence-corrected chi connectivity index (χ4v) is 8.23. The highest BCUT2D eigenvalue weighted by atomic mass is 19.4. The number of carboxylic acid groups (broad SMARTS) is 1. The van der Waals surface area contributed by atoms with Crippen LogP contribution in [0.4, 0.5) is 24.9 Å². The summed E-state index contributed by atoms with van der Waals surface area (Å²) in [5.74, 6) is -1.23. The molecule has 8 rings (SSSR count). The van der Waals surface area contributed by atoms with Gasteiger partial charge in [-0.25, -0.2) is 9.78 Å². The van der Waals surface area contributed by atoms with Gasteiger partial charge in [0.25, 0.3) is 0 Å². The number of aliphatic hydroxyl groups excluding tert-OH is 3. The molecule has 1 amide bonds. The van der Waals surface area contributed by atoms with Crippen LogP contribution >= 0.6 is 0 Å².